The lowest BCUT2D eigenvalue weighted by Gasteiger charge is -2.10. The molecule has 0 aliphatic carbocycles. The summed E-state index contributed by atoms with van der Waals surface area (Å²) in [5.41, 5.74) is 3.45. The molecule has 0 bridgehead atoms. The van der Waals surface area contributed by atoms with Gasteiger partial charge in [-0.3, -0.25) is 9.89 Å². The molecule has 7 heteroatoms. The van der Waals surface area contributed by atoms with E-state index in [1.165, 1.54) is 0 Å². The summed E-state index contributed by atoms with van der Waals surface area (Å²) >= 11 is 0. The van der Waals surface area contributed by atoms with Crippen LogP contribution in [0.15, 0.2) is 60.8 Å². The monoisotopic (exact) mass is 349 g/mol. The highest BCUT2D eigenvalue weighted by atomic mass is 16.2. The van der Waals surface area contributed by atoms with Crippen molar-refractivity contribution in [2.45, 2.75) is 13.5 Å². The molecule has 7 nitrogen and oxygen atoms in total. The van der Waals surface area contributed by atoms with Gasteiger partial charge in [-0.05, 0) is 42.3 Å². The highest BCUT2D eigenvalue weighted by Crippen LogP contribution is 2.12. The van der Waals surface area contributed by atoms with Crippen LogP contribution in [-0.2, 0) is 6.54 Å². The van der Waals surface area contributed by atoms with Gasteiger partial charge in [0, 0.05) is 17.9 Å². The first-order chi connectivity index (χ1) is 12.6. The zero-order valence-electron chi connectivity index (χ0n) is 14.2. The number of nitrogens with one attached hydrogen (secondary N) is 4. The average molecular weight is 349 g/mol. The number of carbonyl (C=O) groups excluding carboxylic acids is 2. The first-order valence-electron chi connectivity index (χ1n) is 8.12. The molecular formula is C19H19N5O2. The van der Waals surface area contributed by atoms with Crippen molar-refractivity contribution in [3.05, 3.63) is 77.6 Å². The predicted octanol–water partition coefficient (Wildman–Crippen LogP) is 3.29. The van der Waals surface area contributed by atoms with Crippen LogP contribution in [0.25, 0.3) is 0 Å². The van der Waals surface area contributed by atoms with Gasteiger partial charge >= 0.3 is 6.03 Å². The minimum Gasteiger partial charge on any atom is -0.347 e. The summed E-state index contributed by atoms with van der Waals surface area (Å²) in [5, 5.41) is 14.9. The van der Waals surface area contributed by atoms with Crippen molar-refractivity contribution in [3.63, 3.8) is 0 Å². The highest BCUT2D eigenvalue weighted by Gasteiger charge is 2.10. The molecule has 0 atom stereocenters. The van der Waals surface area contributed by atoms with Crippen molar-refractivity contribution in [1.29, 1.82) is 0 Å². The molecule has 4 N–H and O–H groups in total. The fourth-order valence-electron chi connectivity index (χ4n) is 2.42. The van der Waals surface area contributed by atoms with Crippen LogP contribution in [0.1, 0.15) is 21.6 Å². The van der Waals surface area contributed by atoms with Crippen LogP contribution in [0.4, 0.5) is 16.2 Å². The number of nitrogens with zero attached hydrogens (tertiary/aromatic N) is 1. The van der Waals surface area contributed by atoms with E-state index >= 15 is 0 Å². The standard InChI is InChI=1S/C19H19N5O2/c1-13-11-21-24-17(13)18(25)20-12-14-6-5-9-16(10-14)23-19(26)22-15-7-3-2-4-8-15/h2-11H,12H2,1H3,(H,20,25)(H,21,24)(H2,22,23,26). The van der Waals surface area contributed by atoms with Gasteiger partial charge in [0.05, 0.1) is 6.20 Å². The fraction of sp³-hybridized carbons (Fsp3) is 0.105. The van der Waals surface area contributed by atoms with E-state index in [1.807, 2.05) is 55.5 Å². The molecule has 3 aromatic rings. The number of hydrogen-bond donors (Lipinski definition) is 4. The number of amides is 3. The van der Waals surface area contributed by atoms with Crippen LogP contribution in [0.3, 0.4) is 0 Å². The van der Waals surface area contributed by atoms with Crippen molar-refractivity contribution in [3.8, 4) is 0 Å². The second-order valence-corrected chi connectivity index (χ2v) is 5.76. The van der Waals surface area contributed by atoms with Gasteiger partial charge in [0.25, 0.3) is 5.91 Å². The summed E-state index contributed by atoms with van der Waals surface area (Å²) in [6, 6.07) is 16.2. The summed E-state index contributed by atoms with van der Waals surface area (Å²) in [7, 11) is 0. The van der Waals surface area contributed by atoms with Crippen LogP contribution in [0.2, 0.25) is 0 Å². The third kappa shape index (κ3) is 4.47. The molecule has 2 aromatic carbocycles. The second-order valence-electron chi connectivity index (χ2n) is 5.76. The lowest BCUT2D eigenvalue weighted by atomic mass is 10.2. The van der Waals surface area contributed by atoms with Crippen LogP contribution in [0.5, 0.6) is 0 Å². The number of H-pyrrole nitrogens is 1. The van der Waals surface area contributed by atoms with Gasteiger partial charge in [-0.2, -0.15) is 5.10 Å². The molecule has 3 amide bonds. The Balaban J connectivity index is 1.57. The lowest BCUT2D eigenvalue weighted by Crippen LogP contribution is -2.24. The topological polar surface area (TPSA) is 98.9 Å². The maximum Gasteiger partial charge on any atom is 0.323 e. The van der Waals surface area contributed by atoms with E-state index in [9.17, 15) is 9.59 Å². The van der Waals surface area contributed by atoms with E-state index in [0.717, 1.165) is 11.1 Å². The Bertz CT molecular complexity index is 905. The number of aryl methyl sites for hydroxylation is 1. The van der Waals surface area contributed by atoms with Gasteiger partial charge in [-0.25, -0.2) is 4.79 Å². The number of aromatic amines is 1. The number of rotatable bonds is 5. The lowest BCUT2D eigenvalue weighted by molar-refractivity contribution is 0.0945. The molecule has 1 aromatic heterocycles. The Kier molecular flexibility index (Phi) is 5.28. The van der Waals surface area contributed by atoms with E-state index in [2.05, 4.69) is 26.1 Å². The zero-order chi connectivity index (χ0) is 18.4. The van der Waals surface area contributed by atoms with Gasteiger partial charge < -0.3 is 16.0 Å². The van der Waals surface area contributed by atoms with E-state index in [-0.39, 0.29) is 11.9 Å². The van der Waals surface area contributed by atoms with E-state index < -0.39 is 0 Å². The van der Waals surface area contributed by atoms with Gasteiger partial charge in [-0.1, -0.05) is 30.3 Å². The molecule has 3 rings (SSSR count). The third-order valence-corrected chi connectivity index (χ3v) is 3.73. The molecular weight excluding hydrogens is 330 g/mol. The van der Waals surface area contributed by atoms with E-state index in [0.29, 0.717) is 23.6 Å². The quantitative estimate of drug-likeness (QED) is 0.569. The number of aromatic nitrogens is 2. The Labute approximate surface area is 150 Å². The molecule has 0 saturated heterocycles. The van der Waals surface area contributed by atoms with Crippen molar-refractivity contribution in [2.24, 2.45) is 0 Å². The largest absolute Gasteiger partial charge is 0.347 e. The maximum atomic E-state index is 12.1. The first-order valence-corrected chi connectivity index (χ1v) is 8.12. The number of carbonyl (C=O) groups is 2. The summed E-state index contributed by atoms with van der Waals surface area (Å²) in [5.74, 6) is -0.222. The molecule has 0 aliphatic heterocycles. The van der Waals surface area contributed by atoms with Gasteiger partial charge in [-0.15, -0.1) is 0 Å². The molecule has 0 radical (unpaired) electrons. The Morgan fingerprint density at radius 1 is 1.00 bits per heavy atom. The number of benzene rings is 2. The average Bonchev–Trinajstić information content (AvgIpc) is 3.07. The summed E-state index contributed by atoms with van der Waals surface area (Å²) in [6.45, 7) is 2.15. The molecule has 0 unspecified atom stereocenters. The van der Waals surface area contributed by atoms with Crippen LogP contribution in [-0.4, -0.2) is 22.1 Å². The number of anilines is 2. The molecule has 132 valence electrons. The minimum atomic E-state index is -0.328. The summed E-state index contributed by atoms with van der Waals surface area (Å²) < 4.78 is 0. The van der Waals surface area contributed by atoms with Crippen molar-refractivity contribution in [2.75, 3.05) is 10.6 Å². The smallest absolute Gasteiger partial charge is 0.323 e. The SMILES string of the molecule is Cc1cn[nH]c1C(=O)NCc1cccc(NC(=O)Nc2ccccc2)c1. The van der Waals surface area contributed by atoms with Crippen molar-refractivity contribution >= 4 is 23.3 Å². The van der Waals surface area contributed by atoms with E-state index in [4.69, 9.17) is 0 Å². The summed E-state index contributed by atoms with van der Waals surface area (Å²) in [4.78, 5) is 24.2. The minimum absolute atomic E-state index is 0.222. The normalized spacial score (nSPS) is 10.2. The van der Waals surface area contributed by atoms with Gasteiger partial charge in [0.1, 0.15) is 5.69 Å². The zero-order valence-corrected chi connectivity index (χ0v) is 14.2. The van der Waals surface area contributed by atoms with Crippen LogP contribution < -0.4 is 16.0 Å². The molecule has 1 heterocycles. The second kappa shape index (κ2) is 7.98. The van der Waals surface area contributed by atoms with E-state index in [1.54, 1.807) is 12.3 Å². The molecule has 0 aliphatic rings. The molecule has 0 fully saturated rings. The Morgan fingerprint density at radius 3 is 2.46 bits per heavy atom. The molecule has 0 saturated carbocycles. The number of hydrogen-bond acceptors (Lipinski definition) is 3. The van der Waals surface area contributed by atoms with Crippen molar-refractivity contribution in [1.82, 2.24) is 15.5 Å². The highest BCUT2D eigenvalue weighted by molar-refractivity contribution is 5.99. The Morgan fingerprint density at radius 2 is 1.73 bits per heavy atom. The molecule has 0 spiro atoms. The molecule has 26 heavy (non-hydrogen) atoms. The van der Waals surface area contributed by atoms with Crippen molar-refractivity contribution < 1.29 is 9.59 Å². The third-order valence-electron chi connectivity index (χ3n) is 3.73. The fourth-order valence-corrected chi connectivity index (χ4v) is 2.42. The number of para-hydroxylation sites is 1. The maximum absolute atomic E-state index is 12.1. The predicted molar refractivity (Wildman–Crippen MR) is 100 cm³/mol. The van der Waals surface area contributed by atoms with Gasteiger partial charge in [0.2, 0.25) is 0 Å². The van der Waals surface area contributed by atoms with Crippen LogP contribution in [0, 0.1) is 6.92 Å². The van der Waals surface area contributed by atoms with Crippen LogP contribution >= 0.6 is 0 Å². The van der Waals surface area contributed by atoms with Gasteiger partial charge in [0.15, 0.2) is 0 Å². The number of urea groups is 1. The first kappa shape index (κ1) is 17.2. The Hall–Kier alpha value is -3.61. The summed E-state index contributed by atoms with van der Waals surface area (Å²) in [6.07, 6.45) is 1.60.